The molecule has 0 heterocycles. The van der Waals surface area contributed by atoms with Crippen molar-refractivity contribution in [3.63, 3.8) is 0 Å². The second-order valence-corrected chi connectivity index (χ2v) is 5.93. The van der Waals surface area contributed by atoms with Gasteiger partial charge >= 0.3 is 0 Å². The number of nitrogens with zero attached hydrogens (tertiary/aromatic N) is 1. The monoisotopic (exact) mass is 350 g/mol. The van der Waals surface area contributed by atoms with Gasteiger partial charge in [-0.15, -0.1) is 0 Å². The van der Waals surface area contributed by atoms with E-state index in [1.165, 1.54) is 0 Å². The Bertz CT molecular complexity index is 792. The molecule has 0 radical (unpaired) electrons. The lowest BCUT2D eigenvalue weighted by atomic mass is 10.1. The van der Waals surface area contributed by atoms with Crippen molar-refractivity contribution >= 4 is 17.4 Å². The summed E-state index contributed by atoms with van der Waals surface area (Å²) in [4.78, 5) is 24.0. The number of benzene rings is 2. The molecule has 2 rings (SSSR count). The molecule has 0 fully saturated rings. The van der Waals surface area contributed by atoms with Gasteiger partial charge in [0.15, 0.2) is 12.4 Å². The third-order valence-corrected chi connectivity index (χ3v) is 3.83. The molecule has 0 unspecified atom stereocenters. The first kappa shape index (κ1) is 19.2. The minimum Gasteiger partial charge on any atom is -0.485 e. The van der Waals surface area contributed by atoms with E-state index in [0.29, 0.717) is 29.0 Å². The number of carbonyl (C=O) groups excluding carboxylic acids is 2. The van der Waals surface area contributed by atoms with Crippen LogP contribution >= 0.6 is 0 Å². The molecule has 0 spiro atoms. The molecule has 0 aromatic heterocycles. The fraction of sp³-hybridized carbons (Fsp3) is 0.286. The van der Waals surface area contributed by atoms with E-state index in [0.717, 1.165) is 19.3 Å². The van der Waals surface area contributed by atoms with Crippen LogP contribution in [0.4, 0.5) is 5.69 Å². The Morgan fingerprint density at radius 1 is 1.12 bits per heavy atom. The van der Waals surface area contributed by atoms with E-state index in [9.17, 15) is 9.59 Å². The van der Waals surface area contributed by atoms with E-state index in [-0.39, 0.29) is 18.3 Å². The maximum Gasteiger partial charge on any atom is 0.224 e. The molecule has 2 aromatic rings. The van der Waals surface area contributed by atoms with Crippen molar-refractivity contribution in [3.05, 3.63) is 59.7 Å². The molecular weight excluding hydrogens is 328 g/mol. The minimum atomic E-state index is -0.173. The van der Waals surface area contributed by atoms with Gasteiger partial charge in [-0.1, -0.05) is 25.8 Å². The Kier molecular flexibility index (Phi) is 7.38. The van der Waals surface area contributed by atoms with Gasteiger partial charge in [0, 0.05) is 17.7 Å². The zero-order valence-corrected chi connectivity index (χ0v) is 14.8. The quantitative estimate of drug-likeness (QED) is 0.539. The van der Waals surface area contributed by atoms with Crippen molar-refractivity contribution in [2.24, 2.45) is 0 Å². The molecule has 134 valence electrons. The Morgan fingerprint density at radius 2 is 1.88 bits per heavy atom. The zero-order chi connectivity index (χ0) is 18.8. The lowest BCUT2D eigenvalue weighted by molar-refractivity contribution is -0.116. The second-order valence-electron chi connectivity index (χ2n) is 5.93. The SMILES string of the molecule is CCCCCC(=O)Nc1ccc(C(=O)COc2cccc(C#N)c2)cc1. The molecule has 5 nitrogen and oxygen atoms in total. The van der Waals surface area contributed by atoms with E-state index < -0.39 is 0 Å². The number of anilines is 1. The van der Waals surface area contributed by atoms with Crippen molar-refractivity contribution in [3.8, 4) is 11.8 Å². The molecule has 1 amide bonds. The highest BCUT2D eigenvalue weighted by molar-refractivity contribution is 5.98. The maximum absolute atomic E-state index is 12.2. The number of ketones is 1. The van der Waals surface area contributed by atoms with Gasteiger partial charge in [0.2, 0.25) is 5.91 Å². The van der Waals surface area contributed by atoms with E-state index in [1.54, 1.807) is 48.5 Å². The zero-order valence-electron chi connectivity index (χ0n) is 14.8. The van der Waals surface area contributed by atoms with Gasteiger partial charge in [-0.2, -0.15) is 5.26 Å². The van der Waals surface area contributed by atoms with E-state index >= 15 is 0 Å². The minimum absolute atomic E-state index is 0.0155. The highest BCUT2D eigenvalue weighted by Crippen LogP contribution is 2.15. The Hall–Kier alpha value is -3.13. The number of ether oxygens (including phenoxy) is 1. The average Bonchev–Trinajstić information content (AvgIpc) is 2.67. The van der Waals surface area contributed by atoms with Crippen LogP contribution in [0.1, 0.15) is 48.5 Å². The molecule has 0 saturated carbocycles. The van der Waals surface area contributed by atoms with Gasteiger partial charge in [0.05, 0.1) is 11.6 Å². The van der Waals surface area contributed by atoms with Gasteiger partial charge in [0.1, 0.15) is 5.75 Å². The molecule has 0 atom stereocenters. The topological polar surface area (TPSA) is 79.2 Å². The van der Waals surface area contributed by atoms with Gasteiger partial charge in [-0.05, 0) is 48.9 Å². The molecule has 0 saturated heterocycles. The van der Waals surface area contributed by atoms with E-state index in [4.69, 9.17) is 10.00 Å². The van der Waals surface area contributed by atoms with Crippen LogP contribution in [0.3, 0.4) is 0 Å². The molecular formula is C21H22N2O3. The molecule has 2 aromatic carbocycles. The number of carbonyl (C=O) groups is 2. The number of hydrogen-bond donors (Lipinski definition) is 1. The highest BCUT2D eigenvalue weighted by atomic mass is 16.5. The van der Waals surface area contributed by atoms with Gasteiger partial charge in [0.25, 0.3) is 0 Å². The molecule has 0 aliphatic heterocycles. The van der Waals surface area contributed by atoms with E-state index in [1.807, 2.05) is 6.07 Å². The predicted molar refractivity (Wildman–Crippen MR) is 100 cm³/mol. The van der Waals surface area contributed by atoms with Crippen LogP contribution in [-0.4, -0.2) is 18.3 Å². The molecule has 26 heavy (non-hydrogen) atoms. The summed E-state index contributed by atoms with van der Waals surface area (Å²) >= 11 is 0. The fourth-order valence-corrected chi connectivity index (χ4v) is 2.39. The summed E-state index contributed by atoms with van der Waals surface area (Å²) < 4.78 is 5.44. The maximum atomic E-state index is 12.2. The molecule has 0 aliphatic rings. The van der Waals surface area contributed by atoms with Crippen LogP contribution < -0.4 is 10.1 Å². The van der Waals surface area contributed by atoms with Crippen LogP contribution in [0.2, 0.25) is 0 Å². The van der Waals surface area contributed by atoms with Crippen LogP contribution in [0.15, 0.2) is 48.5 Å². The van der Waals surface area contributed by atoms with Gasteiger partial charge in [-0.3, -0.25) is 9.59 Å². The molecule has 0 bridgehead atoms. The number of hydrogen-bond acceptors (Lipinski definition) is 4. The summed E-state index contributed by atoms with van der Waals surface area (Å²) in [5, 5.41) is 11.7. The summed E-state index contributed by atoms with van der Waals surface area (Å²) in [5.41, 5.74) is 1.66. The van der Waals surface area contributed by atoms with Crippen molar-refractivity contribution < 1.29 is 14.3 Å². The first-order valence-corrected chi connectivity index (χ1v) is 8.68. The largest absolute Gasteiger partial charge is 0.485 e. The van der Waals surface area contributed by atoms with Crippen molar-refractivity contribution in [2.75, 3.05) is 11.9 Å². The average molecular weight is 350 g/mol. The molecule has 1 N–H and O–H groups in total. The van der Waals surface area contributed by atoms with Crippen molar-refractivity contribution in [2.45, 2.75) is 32.6 Å². The number of nitrogens with one attached hydrogen (secondary N) is 1. The van der Waals surface area contributed by atoms with E-state index in [2.05, 4.69) is 12.2 Å². The number of amides is 1. The standard InChI is InChI=1S/C21H22N2O3/c1-2-3-4-8-21(25)23-18-11-9-17(10-12-18)20(24)15-26-19-7-5-6-16(13-19)14-22/h5-7,9-13H,2-4,8,15H2,1H3,(H,23,25). The summed E-state index contributed by atoms with van der Waals surface area (Å²) in [5.74, 6) is 0.291. The van der Waals surface area contributed by atoms with Gasteiger partial charge in [-0.25, -0.2) is 0 Å². The second kappa shape index (κ2) is 10.00. The lowest BCUT2D eigenvalue weighted by Crippen LogP contribution is -2.13. The third-order valence-electron chi connectivity index (χ3n) is 3.83. The Morgan fingerprint density at radius 3 is 2.58 bits per heavy atom. The summed E-state index contributed by atoms with van der Waals surface area (Å²) in [6.45, 7) is 1.98. The smallest absolute Gasteiger partial charge is 0.224 e. The highest BCUT2D eigenvalue weighted by Gasteiger charge is 2.08. The third kappa shape index (κ3) is 6.06. The van der Waals surface area contributed by atoms with Gasteiger partial charge < -0.3 is 10.1 Å². The number of nitriles is 1. The summed E-state index contributed by atoms with van der Waals surface area (Å²) in [6, 6.07) is 15.4. The van der Waals surface area contributed by atoms with Crippen LogP contribution in [0.5, 0.6) is 5.75 Å². The van der Waals surface area contributed by atoms with Crippen LogP contribution in [0, 0.1) is 11.3 Å². The Balaban J connectivity index is 1.86. The van der Waals surface area contributed by atoms with Crippen LogP contribution in [-0.2, 0) is 4.79 Å². The molecule has 0 aliphatic carbocycles. The molecule has 5 heteroatoms. The predicted octanol–water partition coefficient (Wildman–Crippen LogP) is 4.34. The fourth-order valence-electron chi connectivity index (χ4n) is 2.39. The van der Waals surface area contributed by atoms with Crippen molar-refractivity contribution in [1.29, 1.82) is 5.26 Å². The first-order chi connectivity index (χ1) is 12.6. The number of unbranched alkanes of at least 4 members (excludes halogenated alkanes) is 2. The number of Topliss-reactive ketones (excluding diaryl/α,β-unsaturated/α-hetero) is 1. The first-order valence-electron chi connectivity index (χ1n) is 8.68. The summed E-state index contributed by atoms with van der Waals surface area (Å²) in [7, 11) is 0. The Labute approximate surface area is 153 Å². The van der Waals surface area contributed by atoms with Crippen molar-refractivity contribution in [1.82, 2.24) is 0 Å². The number of rotatable bonds is 9. The summed E-state index contributed by atoms with van der Waals surface area (Å²) in [6.07, 6.45) is 3.50. The normalized spacial score (nSPS) is 10.0. The lowest BCUT2D eigenvalue weighted by Gasteiger charge is -2.08. The van der Waals surface area contributed by atoms with Crippen LogP contribution in [0.25, 0.3) is 0 Å².